The molecule has 0 aliphatic carbocycles. The first-order valence-electron chi connectivity index (χ1n) is 6.03. The summed E-state index contributed by atoms with van der Waals surface area (Å²) in [5, 5.41) is 18.2. The topological polar surface area (TPSA) is 40.5 Å². The predicted octanol–water partition coefficient (Wildman–Crippen LogP) is 5.38. The van der Waals surface area contributed by atoms with Crippen molar-refractivity contribution in [3.05, 3.63) is 44.3 Å². The number of rotatable bonds is 1. The highest BCUT2D eigenvalue weighted by Crippen LogP contribution is 2.46. The first-order chi connectivity index (χ1) is 9.68. The van der Waals surface area contributed by atoms with Crippen LogP contribution in [0.1, 0.15) is 4.11 Å². The summed E-state index contributed by atoms with van der Waals surface area (Å²) in [5.74, 6) is -1.28. The van der Waals surface area contributed by atoms with Crippen molar-refractivity contribution >= 4 is 46.4 Å². The van der Waals surface area contributed by atoms with Gasteiger partial charge in [0.15, 0.2) is 11.5 Å². The molecular weight excluding hydrogens is 318 g/mol. The van der Waals surface area contributed by atoms with Gasteiger partial charge in [-0.2, -0.15) is 0 Å². The average Bonchev–Trinajstić information content (AvgIpc) is 2.46. The van der Waals surface area contributed by atoms with E-state index in [0.717, 1.165) is 0 Å². The molecule has 0 fully saturated rings. The monoisotopic (exact) mass is 325 g/mol. The highest BCUT2D eigenvalue weighted by atomic mass is 35.5. The van der Waals surface area contributed by atoms with Gasteiger partial charge in [-0.3, -0.25) is 0 Å². The van der Waals surface area contributed by atoms with Gasteiger partial charge < -0.3 is 10.2 Å². The Kier molecular flexibility index (Phi) is 2.82. The molecule has 0 bridgehead atoms. The lowest BCUT2D eigenvalue weighted by Gasteiger charge is -2.11. The van der Waals surface area contributed by atoms with E-state index in [9.17, 15) is 10.2 Å². The Hall–Kier alpha value is -0.800. The number of halogens is 4. The van der Waals surface area contributed by atoms with Crippen molar-refractivity contribution in [3.8, 4) is 22.6 Å². The first-order valence-corrected chi connectivity index (χ1v) is 6.04. The Morgan fingerprint density at radius 3 is 2.22 bits per heavy atom. The lowest BCUT2D eigenvalue weighted by atomic mass is 10.0. The smallest absolute Gasteiger partial charge is 0.178 e. The molecule has 0 radical (unpaired) electrons. The zero-order chi connectivity index (χ0) is 16.1. The maximum atomic E-state index is 9.72. The van der Waals surface area contributed by atoms with E-state index in [1.165, 1.54) is 6.07 Å². The summed E-state index contributed by atoms with van der Waals surface area (Å²) in [6.07, 6.45) is 0. The Labute approximate surface area is 128 Å². The molecule has 0 unspecified atom stereocenters. The number of benzene rings is 2. The molecule has 0 aromatic heterocycles. The molecule has 0 spiro atoms. The summed E-state index contributed by atoms with van der Waals surface area (Å²) in [4.78, 5) is 0. The minimum Gasteiger partial charge on any atom is -0.503 e. The maximum absolute atomic E-state index is 9.72. The number of phenols is 2. The fourth-order valence-electron chi connectivity index (χ4n) is 1.34. The van der Waals surface area contributed by atoms with Crippen molar-refractivity contribution in [1.82, 2.24) is 0 Å². The molecule has 2 aromatic carbocycles. The van der Waals surface area contributed by atoms with Gasteiger partial charge in [-0.1, -0.05) is 46.4 Å². The Balaban J connectivity index is 2.93. The SMILES string of the molecule is [2H]c1c([2H])c(Cl)c(-c2cc(Cl)c(O)c(O)c2Cl)c([2H])c1Cl. The molecule has 2 rings (SSSR count). The van der Waals surface area contributed by atoms with Crippen molar-refractivity contribution in [2.45, 2.75) is 0 Å². The van der Waals surface area contributed by atoms with Crippen LogP contribution in [0.5, 0.6) is 11.5 Å². The van der Waals surface area contributed by atoms with E-state index in [0.29, 0.717) is 0 Å². The summed E-state index contributed by atoms with van der Waals surface area (Å²) in [5.41, 5.74) is -0.0211. The van der Waals surface area contributed by atoms with Gasteiger partial charge in [0.2, 0.25) is 0 Å². The molecule has 0 atom stereocenters. The van der Waals surface area contributed by atoms with Crippen molar-refractivity contribution in [2.75, 3.05) is 0 Å². The van der Waals surface area contributed by atoms with E-state index in [-0.39, 0.29) is 49.3 Å². The van der Waals surface area contributed by atoms with Crippen LogP contribution in [0.4, 0.5) is 0 Å². The van der Waals surface area contributed by atoms with E-state index in [1.807, 2.05) is 0 Å². The Morgan fingerprint density at radius 1 is 0.889 bits per heavy atom. The second-order valence-corrected chi connectivity index (χ2v) is 4.84. The third-order valence-electron chi connectivity index (χ3n) is 2.17. The number of phenolic OH excluding ortho intramolecular Hbond substituents is 2. The first kappa shape index (κ1) is 10.0. The predicted molar refractivity (Wildman–Crippen MR) is 75.2 cm³/mol. The second kappa shape index (κ2) is 5.06. The van der Waals surface area contributed by atoms with Crippen LogP contribution in [0.25, 0.3) is 11.1 Å². The number of hydrogen-bond donors (Lipinski definition) is 2. The summed E-state index contributed by atoms with van der Waals surface area (Å²) >= 11 is 23.5. The van der Waals surface area contributed by atoms with Crippen molar-refractivity contribution < 1.29 is 14.3 Å². The standard InChI is InChI=1S/C12H6Cl4O2/c13-5-1-2-8(14)6(3-5)7-4-9(15)11(17)12(18)10(7)16/h1-4,17-18H/i1D,2D,3D. The lowest BCUT2D eigenvalue weighted by molar-refractivity contribution is 0.404. The second-order valence-electron chi connectivity index (χ2n) is 3.30. The molecule has 0 aliphatic heterocycles. The maximum Gasteiger partial charge on any atom is 0.178 e. The molecule has 18 heavy (non-hydrogen) atoms. The van der Waals surface area contributed by atoms with E-state index < -0.39 is 11.5 Å². The van der Waals surface area contributed by atoms with Crippen LogP contribution < -0.4 is 0 Å². The molecule has 2 nitrogen and oxygen atoms in total. The third-order valence-corrected chi connectivity index (χ3v) is 3.31. The largest absolute Gasteiger partial charge is 0.503 e. The van der Waals surface area contributed by atoms with Gasteiger partial charge in [0.1, 0.15) is 0 Å². The Morgan fingerprint density at radius 2 is 1.56 bits per heavy atom. The van der Waals surface area contributed by atoms with E-state index >= 15 is 0 Å². The Bertz CT molecular complexity index is 736. The highest BCUT2D eigenvalue weighted by molar-refractivity contribution is 6.40. The van der Waals surface area contributed by atoms with Crippen LogP contribution in [-0.2, 0) is 0 Å². The van der Waals surface area contributed by atoms with Crippen molar-refractivity contribution in [1.29, 1.82) is 0 Å². The summed E-state index contributed by atoms with van der Waals surface area (Å²) in [7, 11) is 0. The summed E-state index contributed by atoms with van der Waals surface area (Å²) in [6.45, 7) is 0. The van der Waals surface area contributed by atoms with Crippen molar-refractivity contribution in [3.63, 3.8) is 0 Å². The molecule has 2 aromatic rings. The fraction of sp³-hybridized carbons (Fsp3) is 0. The zero-order valence-corrected chi connectivity index (χ0v) is 11.5. The molecule has 0 saturated carbocycles. The van der Waals surface area contributed by atoms with Crippen LogP contribution >= 0.6 is 46.4 Å². The highest BCUT2D eigenvalue weighted by Gasteiger charge is 2.17. The van der Waals surface area contributed by atoms with Crippen molar-refractivity contribution in [2.24, 2.45) is 0 Å². The van der Waals surface area contributed by atoms with Crippen LogP contribution in [-0.4, -0.2) is 10.2 Å². The molecular formula is C12H6Cl4O2. The number of aromatic hydroxyl groups is 2. The van der Waals surface area contributed by atoms with E-state index in [2.05, 4.69) is 0 Å². The van der Waals surface area contributed by atoms with Gasteiger partial charge in [-0.05, 0) is 24.2 Å². The molecule has 0 amide bonds. The van der Waals surface area contributed by atoms with Gasteiger partial charge >= 0.3 is 0 Å². The van der Waals surface area contributed by atoms with E-state index in [1.54, 1.807) is 0 Å². The quantitative estimate of drug-likeness (QED) is 0.691. The molecule has 6 heteroatoms. The normalized spacial score (nSPS) is 13.0. The van der Waals surface area contributed by atoms with E-state index in [4.69, 9.17) is 50.5 Å². The lowest BCUT2D eigenvalue weighted by Crippen LogP contribution is -1.84. The number of hydrogen-bond acceptors (Lipinski definition) is 2. The zero-order valence-electron chi connectivity index (χ0n) is 11.5. The van der Waals surface area contributed by atoms with Crippen LogP contribution in [0.15, 0.2) is 24.2 Å². The third kappa shape index (κ3) is 2.34. The summed E-state index contributed by atoms with van der Waals surface area (Å²) in [6, 6.07) is 0.0937. The minimum atomic E-state index is -0.674. The molecule has 0 aliphatic rings. The molecule has 2 N–H and O–H groups in total. The van der Waals surface area contributed by atoms with Gasteiger partial charge in [0.25, 0.3) is 0 Å². The van der Waals surface area contributed by atoms with Crippen LogP contribution in [0.3, 0.4) is 0 Å². The fourth-order valence-corrected chi connectivity index (χ4v) is 2.11. The van der Waals surface area contributed by atoms with Crippen LogP contribution in [0.2, 0.25) is 20.1 Å². The molecule has 94 valence electrons. The molecule has 0 heterocycles. The van der Waals surface area contributed by atoms with Gasteiger partial charge in [0.05, 0.1) is 14.2 Å². The minimum absolute atomic E-state index is 0.0300. The summed E-state index contributed by atoms with van der Waals surface area (Å²) < 4.78 is 23.2. The average molecular weight is 327 g/mol. The van der Waals surface area contributed by atoms with Gasteiger partial charge in [-0.15, -0.1) is 0 Å². The van der Waals surface area contributed by atoms with Gasteiger partial charge in [0, 0.05) is 21.2 Å². The molecule has 0 saturated heterocycles. The van der Waals surface area contributed by atoms with Gasteiger partial charge in [-0.25, -0.2) is 0 Å². The van der Waals surface area contributed by atoms with Crippen LogP contribution in [0, 0.1) is 0 Å².